The van der Waals surface area contributed by atoms with Crippen LogP contribution in [0.1, 0.15) is 31.0 Å². The van der Waals surface area contributed by atoms with Crippen LogP contribution in [0.3, 0.4) is 0 Å². The molecule has 1 aromatic heterocycles. The molecule has 0 radical (unpaired) electrons. The lowest BCUT2D eigenvalue weighted by Gasteiger charge is -2.28. The third-order valence-electron chi connectivity index (χ3n) is 5.80. The SMILES string of the molecule is CC(NC(=O)C(Cc1ccccc1)NC(=O)C1CCCN1C(=O)C(N)Cc1cnc[nH]1)C(=O)O. The van der Waals surface area contributed by atoms with Gasteiger partial charge >= 0.3 is 5.97 Å². The number of carboxylic acids is 1. The monoisotopic (exact) mass is 470 g/mol. The maximum absolute atomic E-state index is 13.2. The van der Waals surface area contributed by atoms with E-state index >= 15 is 0 Å². The number of carboxylic acid groups (broad SMARTS) is 1. The molecule has 0 bridgehead atoms. The first kappa shape index (κ1) is 24.9. The lowest BCUT2D eigenvalue weighted by atomic mass is 10.0. The normalized spacial score (nSPS) is 18.1. The second-order valence-corrected chi connectivity index (χ2v) is 8.40. The Labute approximate surface area is 197 Å². The number of amides is 3. The van der Waals surface area contributed by atoms with Gasteiger partial charge in [0.25, 0.3) is 0 Å². The highest BCUT2D eigenvalue weighted by molar-refractivity contribution is 5.94. The summed E-state index contributed by atoms with van der Waals surface area (Å²) >= 11 is 0. The maximum Gasteiger partial charge on any atom is 0.325 e. The third kappa shape index (κ3) is 6.41. The molecule has 0 saturated carbocycles. The number of nitrogens with zero attached hydrogens (tertiary/aromatic N) is 2. The lowest BCUT2D eigenvalue weighted by Crippen LogP contribution is -2.57. The first-order valence-corrected chi connectivity index (χ1v) is 11.2. The van der Waals surface area contributed by atoms with E-state index in [0.717, 1.165) is 5.56 Å². The first-order valence-electron chi connectivity index (χ1n) is 11.2. The molecule has 0 aliphatic carbocycles. The smallest absolute Gasteiger partial charge is 0.325 e. The van der Waals surface area contributed by atoms with E-state index in [1.165, 1.54) is 18.2 Å². The zero-order chi connectivity index (χ0) is 24.7. The van der Waals surface area contributed by atoms with E-state index in [2.05, 4.69) is 20.6 Å². The van der Waals surface area contributed by atoms with Crippen LogP contribution >= 0.6 is 0 Å². The molecular formula is C23H30N6O5. The van der Waals surface area contributed by atoms with Crippen molar-refractivity contribution >= 4 is 23.7 Å². The highest BCUT2D eigenvalue weighted by Crippen LogP contribution is 2.19. The van der Waals surface area contributed by atoms with Crippen molar-refractivity contribution in [1.29, 1.82) is 0 Å². The second kappa shape index (κ2) is 11.4. The molecule has 0 spiro atoms. The van der Waals surface area contributed by atoms with E-state index in [9.17, 15) is 19.2 Å². The van der Waals surface area contributed by atoms with E-state index in [4.69, 9.17) is 10.8 Å². The molecule has 11 heteroatoms. The Morgan fingerprint density at radius 3 is 2.59 bits per heavy atom. The highest BCUT2D eigenvalue weighted by atomic mass is 16.4. The average Bonchev–Trinajstić information content (AvgIpc) is 3.50. The molecule has 3 amide bonds. The second-order valence-electron chi connectivity index (χ2n) is 8.40. The van der Waals surface area contributed by atoms with Gasteiger partial charge in [0.2, 0.25) is 17.7 Å². The molecule has 1 aromatic carbocycles. The number of aliphatic carboxylic acids is 1. The summed E-state index contributed by atoms with van der Waals surface area (Å²) in [6, 6.07) is 5.35. The third-order valence-corrected chi connectivity index (χ3v) is 5.80. The van der Waals surface area contributed by atoms with E-state index in [0.29, 0.717) is 25.1 Å². The minimum atomic E-state index is -1.18. The number of aromatic nitrogens is 2. The fraction of sp³-hybridized carbons (Fsp3) is 0.435. The van der Waals surface area contributed by atoms with Gasteiger partial charge in [-0.25, -0.2) is 4.98 Å². The van der Waals surface area contributed by atoms with Gasteiger partial charge in [-0.15, -0.1) is 0 Å². The minimum Gasteiger partial charge on any atom is -0.480 e. The van der Waals surface area contributed by atoms with Crippen LogP contribution < -0.4 is 16.4 Å². The Morgan fingerprint density at radius 1 is 1.21 bits per heavy atom. The van der Waals surface area contributed by atoms with E-state index < -0.39 is 42.0 Å². The molecule has 11 nitrogen and oxygen atoms in total. The Kier molecular flexibility index (Phi) is 8.36. The van der Waals surface area contributed by atoms with E-state index in [1.807, 2.05) is 30.3 Å². The van der Waals surface area contributed by atoms with Crippen molar-refractivity contribution < 1.29 is 24.3 Å². The lowest BCUT2D eigenvalue weighted by molar-refractivity contribution is -0.142. The molecule has 1 aliphatic rings. The molecule has 6 N–H and O–H groups in total. The number of carbonyl (C=O) groups excluding carboxylic acids is 3. The van der Waals surface area contributed by atoms with Crippen molar-refractivity contribution in [2.75, 3.05) is 6.54 Å². The van der Waals surface area contributed by atoms with E-state index in [1.54, 1.807) is 6.20 Å². The summed E-state index contributed by atoms with van der Waals surface area (Å²) in [5.41, 5.74) is 7.61. The maximum atomic E-state index is 13.2. The molecule has 4 atom stereocenters. The van der Waals surface area contributed by atoms with Gasteiger partial charge in [0.1, 0.15) is 18.1 Å². The number of H-pyrrole nitrogens is 1. The van der Waals surface area contributed by atoms with Crippen molar-refractivity contribution in [3.8, 4) is 0 Å². The van der Waals surface area contributed by atoms with Gasteiger partial charge in [-0.2, -0.15) is 0 Å². The summed E-state index contributed by atoms with van der Waals surface area (Å²) in [4.78, 5) is 58.4. The standard InChI is InChI=1S/C23H30N6O5/c1-14(23(33)34)27-20(30)18(10-15-6-3-2-4-7-15)28-21(31)19-8-5-9-29(19)22(32)17(24)11-16-12-25-13-26-16/h2-4,6-7,12-14,17-19H,5,8-11,24H2,1H3,(H,25,26)(H,27,30)(H,28,31)(H,33,34). The number of nitrogens with one attached hydrogen (secondary N) is 3. The van der Waals surface area contributed by atoms with Crippen molar-refractivity contribution in [2.45, 2.75) is 56.8 Å². The van der Waals surface area contributed by atoms with Gasteiger partial charge < -0.3 is 31.4 Å². The molecule has 34 heavy (non-hydrogen) atoms. The minimum absolute atomic E-state index is 0.171. The predicted molar refractivity (Wildman–Crippen MR) is 122 cm³/mol. The summed E-state index contributed by atoms with van der Waals surface area (Å²) in [6.07, 6.45) is 4.60. The number of carbonyl (C=O) groups is 4. The van der Waals surface area contributed by atoms with Crippen LogP contribution in [0.25, 0.3) is 0 Å². The van der Waals surface area contributed by atoms with Crippen LogP contribution in [0, 0.1) is 0 Å². The summed E-state index contributed by atoms with van der Waals surface area (Å²) in [7, 11) is 0. The van der Waals surface area contributed by atoms with Crippen molar-refractivity contribution in [3.63, 3.8) is 0 Å². The van der Waals surface area contributed by atoms with Crippen molar-refractivity contribution in [3.05, 3.63) is 54.1 Å². The van der Waals surface area contributed by atoms with Crippen LogP contribution in [0.15, 0.2) is 42.9 Å². The van der Waals surface area contributed by atoms with Crippen LogP contribution in [0.2, 0.25) is 0 Å². The molecule has 1 aliphatic heterocycles. The fourth-order valence-electron chi connectivity index (χ4n) is 3.94. The Morgan fingerprint density at radius 2 is 1.94 bits per heavy atom. The van der Waals surface area contributed by atoms with Gasteiger partial charge in [-0.1, -0.05) is 30.3 Å². The number of imidazole rings is 1. The highest BCUT2D eigenvalue weighted by Gasteiger charge is 2.38. The molecule has 4 unspecified atom stereocenters. The summed E-state index contributed by atoms with van der Waals surface area (Å²) in [5.74, 6) is -2.62. The molecule has 182 valence electrons. The number of likely N-dealkylation sites (tertiary alicyclic amines) is 1. The molecular weight excluding hydrogens is 440 g/mol. The van der Waals surface area contributed by atoms with Crippen molar-refractivity contribution in [1.82, 2.24) is 25.5 Å². The Balaban J connectivity index is 1.70. The molecule has 1 fully saturated rings. The number of hydrogen-bond donors (Lipinski definition) is 5. The van der Waals surface area contributed by atoms with E-state index in [-0.39, 0.29) is 18.7 Å². The topological polar surface area (TPSA) is 171 Å². The largest absolute Gasteiger partial charge is 0.480 e. The summed E-state index contributed by atoms with van der Waals surface area (Å²) in [6.45, 7) is 1.74. The van der Waals surface area contributed by atoms with Gasteiger partial charge in [-0.05, 0) is 25.3 Å². The van der Waals surface area contributed by atoms with Gasteiger partial charge in [0.15, 0.2) is 0 Å². The van der Waals surface area contributed by atoms with Crippen LogP contribution in [0.5, 0.6) is 0 Å². The number of nitrogens with two attached hydrogens (primary N) is 1. The van der Waals surface area contributed by atoms with Crippen molar-refractivity contribution in [2.24, 2.45) is 5.73 Å². The molecule has 2 heterocycles. The first-order chi connectivity index (χ1) is 16.3. The van der Waals surface area contributed by atoms with Gasteiger partial charge in [-0.3, -0.25) is 19.2 Å². The number of hydrogen-bond acceptors (Lipinski definition) is 6. The molecule has 3 rings (SSSR count). The van der Waals surface area contributed by atoms with Crippen LogP contribution in [-0.4, -0.2) is 74.4 Å². The summed E-state index contributed by atoms with van der Waals surface area (Å²) < 4.78 is 0. The zero-order valence-corrected chi connectivity index (χ0v) is 18.9. The van der Waals surface area contributed by atoms with Gasteiger partial charge in [0, 0.05) is 31.3 Å². The molecule has 1 saturated heterocycles. The van der Waals surface area contributed by atoms with Crippen LogP contribution in [-0.2, 0) is 32.0 Å². The van der Waals surface area contributed by atoms with Crippen LogP contribution in [0.4, 0.5) is 0 Å². The predicted octanol–water partition coefficient (Wildman–Crippen LogP) is -0.413. The average molecular weight is 471 g/mol. The number of benzene rings is 1. The zero-order valence-electron chi connectivity index (χ0n) is 18.9. The number of aromatic amines is 1. The fourth-order valence-corrected chi connectivity index (χ4v) is 3.94. The van der Waals surface area contributed by atoms with Gasteiger partial charge in [0.05, 0.1) is 12.4 Å². The Hall–Kier alpha value is -3.73. The number of rotatable bonds is 10. The molecule has 2 aromatic rings. The summed E-state index contributed by atoms with van der Waals surface area (Å²) in [5, 5.41) is 14.3. The quantitative estimate of drug-likeness (QED) is 0.314. The Bertz CT molecular complexity index is 997.